The molecule has 0 spiro atoms. The zero-order valence-corrected chi connectivity index (χ0v) is 22.0. The van der Waals surface area contributed by atoms with Crippen LogP contribution in [0.25, 0.3) is 10.6 Å². The van der Waals surface area contributed by atoms with Crippen LogP contribution in [0.1, 0.15) is 23.8 Å². The number of thiophene rings is 1. The zero-order valence-electron chi connectivity index (χ0n) is 20.4. The van der Waals surface area contributed by atoms with Crippen LogP contribution in [0.5, 0.6) is 0 Å². The molecule has 0 saturated carbocycles. The molecule has 4 rings (SSSR count). The van der Waals surface area contributed by atoms with Crippen molar-refractivity contribution in [3.8, 4) is 10.6 Å². The van der Waals surface area contributed by atoms with Crippen molar-refractivity contribution in [2.45, 2.75) is 36.1 Å². The number of hydrogen-bond acceptors (Lipinski definition) is 7. The topological polar surface area (TPSA) is 113 Å². The summed E-state index contributed by atoms with van der Waals surface area (Å²) in [5.41, 5.74) is -0.783. The van der Waals surface area contributed by atoms with Crippen LogP contribution in [0.15, 0.2) is 51.2 Å². The van der Waals surface area contributed by atoms with Gasteiger partial charge in [-0.25, -0.2) is 8.42 Å². The summed E-state index contributed by atoms with van der Waals surface area (Å²) in [6.07, 6.45) is -9.32. The molecule has 0 aliphatic carbocycles. The van der Waals surface area contributed by atoms with Crippen molar-refractivity contribution in [1.82, 2.24) is 19.7 Å². The van der Waals surface area contributed by atoms with Gasteiger partial charge in [-0.1, -0.05) is 17.3 Å². The Kier molecular flexibility index (Phi) is 8.01. The van der Waals surface area contributed by atoms with E-state index in [1.54, 1.807) is 0 Å². The van der Waals surface area contributed by atoms with E-state index in [0.717, 1.165) is 22.5 Å². The average molecular weight is 611 g/mol. The standard InChI is InChI=1S/C23H20F6N4O5S2/c1-13(34)32-8-9-33(17(12-32)21(35)30-11-14-2-4-15(5-3-14)22(24,25)26)40(36,37)20-7-6-18(39-20)16-10-19(38-31-16)23(27,28)29/h2-7,10,17H,8-9,11-12H2,1H3,(H,30,35). The second-order valence-electron chi connectivity index (χ2n) is 8.70. The van der Waals surface area contributed by atoms with Crippen molar-refractivity contribution < 1.29 is 48.9 Å². The molecular formula is C23H20F6N4O5S2. The minimum absolute atomic E-state index is 0.0201. The lowest BCUT2D eigenvalue weighted by atomic mass is 10.1. The Bertz CT molecular complexity index is 1500. The highest BCUT2D eigenvalue weighted by Crippen LogP contribution is 2.36. The van der Waals surface area contributed by atoms with E-state index in [2.05, 4.69) is 15.0 Å². The summed E-state index contributed by atoms with van der Waals surface area (Å²) in [7, 11) is -4.37. The largest absolute Gasteiger partial charge is 0.452 e. The average Bonchev–Trinajstić information content (AvgIpc) is 3.57. The van der Waals surface area contributed by atoms with E-state index in [1.807, 2.05) is 0 Å². The van der Waals surface area contributed by atoms with Gasteiger partial charge in [0.05, 0.1) is 10.4 Å². The lowest BCUT2D eigenvalue weighted by Gasteiger charge is -2.39. The van der Waals surface area contributed by atoms with Gasteiger partial charge in [0.25, 0.3) is 10.0 Å². The monoisotopic (exact) mass is 610 g/mol. The number of nitrogens with one attached hydrogen (secondary N) is 1. The third-order valence-electron chi connectivity index (χ3n) is 6.01. The second-order valence-corrected chi connectivity index (χ2v) is 11.9. The van der Waals surface area contributed by atoms with Gasteiger partial charge < -0.3 is 14.7 Å². The van der Waals surface area contributed by atoms with Gasteiger partial charge >= 0.3 is 12.4 Å². The summed E-state index contributed by atoms with van der Waals surface area (Å²) in [5, 5.41) is 5.84. The van der Waals surface area contributed by atoms with Crippen molar-refractivity contribution in [2.24, 2.45) is 0 Å². The molecule has 1 aromatic carbocycles. The Labute approximate surface area is 227 Å². The molecule has 1 N–H and O–H groups in total. The van der Waals surface area contributed by atoms with Crippen molar-refractivity contribution in [2.75, 3.05) is 19.6 Å². The van der Waals surface area contributed by atoms with E-state index in [9.17, 15) is 44.3 Å². The number of hydrogen-bond donors (Lipinski definition) is 1. The molecule has 3 heterocycles. The van der Waals surface area contributed by atoms with Gasteiger partial charge in [0.1, 0.15) is 15.9 Å². The van der Waals surface area contributed by atoms with Crippen LogP contribution in [-0.4, -0.2) is 60.3 Å². The first-order valence-electron chi connectivity index (χ1n) is 11.4. The molecule has 1 aliphatic rings. The highest BCUT2D eigenvalue weighted by Gasteiger charge is 2.42. The van der Waals surface area contributed by atoms with Crippen LogP contribution in [0.2, 0.25) is 0 Å². The summed E-state index contributed by atoms with van der Waals surface area (Å²) in [6, 6.07) is 5.68. The Balaban J connectivity index is 1.54. The van der Waals surface area contributed by atoms with E-state index in [-0.39, 0.29) is 41.0 Å². The van der Waals surface area contributed by atoms with Gasteiger partial charge in [-0.15, -0.1) is 11.3 Å². The van der Waals surface area contributed by atoms with E-state index in [1.165, 1.54) is 30.0 Å². The fourth-order valence-corrected chi connectivity index (χ4v) is 6.87. The zero-order chi connectivity index (χ0) is 29.5. The molecule has 3 aromatic rings. The number of piperazine rings is 1. The number of rotatable bonds is 6. The van der Waals surface area contributed by atoms with Crippen LogP contribution in [0, 0.1) is 0 Å². The Morgan fingerprint density at radius 1 is 1.05 bits per heavy atom. The van der Waals surface area contributed by atoms with Crippen molar-refractivity contribution in [1.29, 1.82) is 0 Å². The van der Waals surface area contributed by atoms with E-state index in [0.29, 0.717) is 23.0 Å². The number of sulfonamides is 1. The first kappa shape index (κ1) is 29.5. The Morgan fingerprint density at radius 3 is 2.30 bits per heavy atom. The number of amides is 2. The molecule has 40 heavy (non-hydrogen) atoms. The molecule has 1 atom stereocenters. The van der Waals surface area contributed by atoms with Crippen LogP contribution in [0.4, 0.5) is 26.3 Å². The van der Waals surface area contributed by atoms with Crippen molar-refractivity contribution in [3.05, 3.63) is 59.4 Å². The maximum Gasteiger partial charge on any atom is 0.452 e. The predicted molar refractivity (Wildman–Crippen MR) is 128 cm³/mol. The highest BCUT2D eigenvalue weighted by molar-refractivity contribution is 7.91. The van der Waals surface area contributed by atoms with Crippen LogP contribution in [0.3, 0.4) is 0 Å². The van der Waals surface area contributed by atoms with Gasteiger partial charge in [-0.3, -0.25) is 9.59 Å². The first-order chi connectivity index (χ1) is 18.6. The third-order valence-corrected chi connectivity index (χ3v) is 9.50. The third kappa shape index (κ3) is 6.31. The maximum absolute atomic E-state index is 13.5. The molecule has 1 aliphatic heterocycles. The minimum atomic E-state index is -4.78. The van der Waals surface area contributed by atoms with E-state index < -0.39 is 51.6 Å². The SMILES string of the molecule is CC(=O)N1CCN(S(=O)(=O)c2ccc(-c3cc(C(F)(F)F)on3)s2)C(C(=O)NCc2ccc(C(F)(F)F)cc2)C1. The number of nitrogens with zero attached hydrogens (tertiary/aromatic N) is 3. The number of carbonyl (C=O) groups is 2. The summed E-state index contributed by atoms with van der Waals surface area (Å²) in [4.78, 5) is 26.4. The van der Waals surface area contributed by atoms with Gasteiger partial charge in [0.2, 0.25) is 17.6 Å². The number of alkyl halides is 6. The minimum Gasteiger partial charge on any atom is -0.351 e. The van der Waals surface area contributed by atoms with E-state index in [4.69, 9.17) is 0 Å². The van der Waals surface area contributed by atoms with Gasteiger partial charge in [-0.2, -0.15) is 30.6 Å². The van der Waals surface area contributed by atoms with Crippen LogP contribution < -0.4 is 5.32 Å². The van der Waals surface area contributed by atoms with Gasteiger partial charge in [-0.05, 0) is 29.8 Å². The van der Waals surface area contributed by atoms with Crippen molar-refractivity contribution in [3.63, 3.8) is 0 Å². The van der Waals surface area contributed by atoms with E-state index >= 15 is 0 Å². The summed E-state index contributed by atoms with van der Waals surface area (Å²) in [6.45, 7) is 0.478. The van der Waals surface area contributed by atoms with Gasteiger partial charge in [0.15, 0.2) is 0 Å². The van der Waals surface area contributed by atoms with Crippen LogP contribution >= 0.6 is 11.3 Å². The smallest absolute Gasteiger partial charge is 0.351 e. The lowest BCUT2D eigenvalue weighted by molar-refractivity contribution is -0.155. The quantitative estimate of drug-likeness (QED) is 0.423. The number of aromatic nitrogens is 1. The van der Waals surface area contributed by atoms with Crippen LogP contribution in [-0.2, 0) is 38.5 Å². The van der Waals surface area contributed by atoms with Gasteiger partial charge in [0, 0.05) is 39.2 Å². The fraction of sp³-hybridized carbons (Fsp3) is 0.348. The molecule has 216 valence electrons. The molecule has 1 saturated heterocycles. The predicted octanol–water partition coefficient (Wildman–Crippen LogP) is 3.98. The molecule has 17 heteroatoms. The molecular weight excluding hydrogens is 590 g/mol. The fourth-order valence-electron chi connectivity index (χ4n) is 3.91. The normalized spacial score (nSPS) is 17.2. The molecule has 0 radical (unpaired) electrons. The van der Waals surface area contributed by atoms with Crippen molar-refractivity contribution >= 4 is 33.2 Å². The highest BCUT2D eigenvalue weighted by atomic mass is 32.2. The number of benzene rings is 1. The maximum atomic E-state index is 13.5. The molecule has 2 amide bonds. The molecule has 1 fully saturated rings. The number of carbonyl (C=O) groups excluding carboxylic acids is 2. The number of halogens is 6. The molecule has 1 unspecified atom stereocenters. The first-order valence-corrected chi connectivity index (χ1v) is 13.7. The molecule has 9 nitrogen and oxygen atoms in total. The molecule has 2 aromatic heterocycles. The summed E-state index contributed by atoms with van der Waals surface area (Å²) >= 11 is 0.621. The Hall–Kier alpha value is -3.44. The summed E-state index contributed by atoms with van der Waals surface area (Å²) in [5.74, 6) is -2.55. The second kappa shape index (κ2) is 10.9. The molecule has 0 bridgehead atoms. The summed E-state index contributed by atoms with van der Waals surface area (Å²) < 4.78 is 109. The lowest BCUT2D eigenvalue weighted by Crippen LogP contribution is -2.61. The Morgan fingerprint density at radius 2 is 1.73 bits per heavy atom.